The Morgan fingerprint density at radius 3 is 1.31 bits per heavy atom. The smallest absolute Gasteiger partial charge is 0.0622 e. The summed E-state index contributed by atoms with van der Waals surface area (Å²) < 4.78 is 7.36. The monoisotopic (exact) mass is 697 g/mol. The molecule has 0 aliphatic rings. The average Bonchev–Trinajstić information content (AvgIpc) is 3.97. The van der Waals surface area contributed by atoms with Crippen LogP contribution in [0.2, 0.25) is 0 Å². The first-order chi connectivity index (χ1) is 27.3. The Hall–Kier alpha value is -7.36. The van der Waals surface area contributed by atoms with Crippen molar-refractivity contribution in [1.82, 2.24) is 13.5 Å². The zero-order valence-corrected chi connectivity index (χ0v) is 29.7. The van der Waals surface area contributed by atoms with Crippen molar-refractivity contribution in [3.8, 4) is 22.5 Å². The lowest BCUT2D eigenvalue weighted by atomic mass is 10.0. The summed E-state index contributed by atoms with van der Waals surface area (Å²) in [6, 6.07) is 69.5. The Balaban J connectivity index is 1.04. The van der Waals surface area contributed by atoms with Crippen LogP contribution in [0.3, 0.4) is 0 Å². The van der Waals surface area contributed by atoms with E-state index >= 15 is 0 Å². The third-order valence-corrected chi connectivity index (χ3v) is 12.1. The SMILES string of the molecule is c1ccc2c(-n3c4ccccc4c4cc(-c5ccc6c(c5)c5ccccc5n6-c5cc6c7ccccc7n7c8ccccc8c(c5)c67)ccc43)cccc2c1. The predicted molar refractivity (Wildman–Crippen MR) is 233 cm³/mol. The van der Waals surface area contributed by atoms with E-state index in [2.05, 4.69) is 202 Å². The van der Waals surface area contributed by atoms with E-state index in [0.717, 1.165) is 0 Å². The van der Waals surface area contributed by atoms with Gasteiger partial charge in [-0.25, -0.2) is 0 Å². The molecule has 0 N–H and O–H groups in total. The number of fused-ring (bicyclic) bond motifs is 13. The standard InChI is InChI=1S/C52H31N3/c1-2-14-36-32(12-1)13-11-23-45(36)54-47-20-8-4-16-38(47)42-29-34(25-27-51(42)54)33-24-26-50-41(28-33)37-15-3-7-19-46(37)53(50)35-30-43-39-17-5-9-21-48(39)55-49-22-10-6-18-40(49)44(31-35)52(43)55/h1-31H. The molecule has 4 aromatic heterocycles. The van der Waals surface area contributed by atoms with E-state index in [1.165, 1.54) is 115 Å². The Morgan fingerprint density at radius 2 is 0.709 bits per heavy atom. The van der Waals surface area contributed by atoms with Gasteiger partial charge in [-0.2, -0.15) is 0 Å². The van der Waals surface area contributed by atoms with Crippen LogP contribution < -0.4 is 0 Å². The third kappa shape index (κ3) is 3.84. The molecular weight excluding hydrogens is 667 g/mol. The van der Waals surface area contributed by atoms with E-state index in [0.29, 0.717) is 0 Å². The molecule has 4 heterocycles. The molecule has 0 aliphatic carbocycles. The molecule has 254 valence electrons. The zero-order valence-electron chi connectivity index (χ0n) is 29.7. The van der Waals surface area contributed by atoms with Crippen LogP contribution in [0.4, 0.5) is 0 Å². The minimum absolute atomic E-state index is 1.18. The fraction of sp³-hybridized carbons (Fsp3) is 0. The highest BCUT2D eigenvalue weighted by Crippen LogP contribution is 2.43. The summed E-state index contributed by atoms with van der Waals surface area (Å²) >= 11 is 0. The van der Waals surface area contributed by atoms with E-state index in [1.54, 1.807) is 0 Å². The molecule has 0 fully saturated rings. The van der Waals surface area contributed by atoms with Gasteiger partial charge in [0.1, 0.15) is 0 Å². The number of benzene rings is 9. The second-order valence-corrected chi connectivity index (χ2v) is 14.9. The lowest BCUT2D eigenvalue weighted by Gasteiger charge is -2.12. The first-order valence-corrected chi connectivity index (χ1v) is 19.0. The Kier molecular flexibility index (Phi) is 5.63. The molecule has 0 bridgehead atoms. The summed E-state index contributed by atoms with van der Waals surface area (Å²) in [7, 11) is 0. The molecule has 0 saturated carbocycles. The lowest BCUT2D eigenvalue weighted by Crippen LogP contribution is -1.95. The van der Waals surface area contributed by atoms with E-state index in [9.17, 15) is 0 Å². The molecule has 13 aromatic rings. The quantitative estimate of drug-likeness (QED) is 0.175. The fourth-order valence-electron chi connectivity index (χ4n) is 9.81. The molecule has 0 radical (unpaired) electrons. The van der Waals surface area contributed by atoms with Gasteiger partial charge in [-0.1, -0.05) is 121 Å². The van der Waals surface area contributed by atoms with Gasteiger partial charge in [-0.15, -0.1) is 0 Å². The molecule has 0 saturated heterocycles. The van der Waals surface area contributed by atoms with Crippen LogP contribution >= 0.6 is 0 Å². The predicted octanol–water partition coefficient (Wildman–Crippen LogP) is 13.9. The topological polar surface area (TPSA) is 14.3 Å². The van der Waals surface area contributed by atoms with Crippen LogP contribution in [-0.2, 0) is 0 Å². The van der Waals surface area contributed by atoms with Crippen molar-refractivity contribution in [1.29, 1.82) is 0 Å². The number of nitrogens with zero attached hydrogens (tertiary/aromatic N) is 3. The van der Waals surface area contributed by atoms with Gasteiger partial charge in [0, 0.05) is 54.2 Å². The Bertz CT molecular complexity index is 3630. The molecule has 0 aliphatic heterocycles. The van der Waals surface area contributed by atoms with Crippen LogP contribution in [0.1, 0.15) is 0 Å². The Morgan fingerprint density at radius 1 is 0.273 bits per heavy atom. The van der Waals surface area contributed by atoms with Crippen molar-refractivity contribution in [2.24, 2.45) is 0 Å². The first kappa shape index (κ1) is 29.1. The van der Waals surface area contributed by atoms with Crippen molar-refractivity contribution < 1.29 is 0 Å². The summed E-state index contributed by atoms with van der Waals surface area (Å²) in [5.74, 6) is 0. The number of para-hydroxylation sites is 4. The molecule has 3 heteroatoms. The van der Waals surface area contributed by atoms with Crippen molar-refractivity contribution in [3.05, 3.63) is 188 Å². The molecule has 9 aromatic carbocycles. The van der Waals surface area contributed by atoms with Gasteiger partial charge in [0.25, 0.3) is 0 Å². The third-order valence-electron chi connectivity index (χ3n) is 12.1. The normalized spacial score (nSPS) is 12.4. The van der Waals surface area contributed by atoms with Gasteiger partial charge in [0.2, 0.25) is 0 Å². The lowest BCUT2D eigenvalue weighted by molar-refractivity contribution is 1.19. The molecule has 0 unspecified atom stereocenters. The molecule has 0 atom stereocenters. The zero-order chi connectivity index (χ0) is 35.8. The van der Waals surface area contributed by atoms with Crippen molar-refractivity contribution in [3.63, 3.8) is 0 Å². The highest BCUT2D eigenvalue weighted by molar-refractivity contribution is 6.24. The summed E-state index contributed by atoms with van der Waals surface area (Å²) in [6.45, 7) is 0. The molecule has 0 amide bonds. The minimum Gasteiger partial charge on any atom is -0.309 e. The largest absolute Gasteiger partial charge is 0.309 e. The maximum absolute atomic E-state index is 2.47. The summed E-state index contributed by atoms with van der Waals surface area (Å²) in [6.07, 6.45) is 0. The number of rotatable bonds is 3. The van der Waals surface area contributed by atoms with Gasteiger partial charge >= 0.3 is 0 Å². The Labute approximate surface area is 315 Å². The second-order valence-electron chi connectivity index (χ2n) is 14.9. The molecular formula is C52H31N3. The van der Waals surface area contributed by atoms with Crippen LogP contribution in [0.25, 0.3) is 115 Å². The maximum atomic E-state index is 2.47. The van der Waals surface area contributed by atoms with Gasteiger partial charge < -0.3 is 13.5 Å². The van der Waals surface area contributed by atoms with Gasteiger partial charge in [0.05, 0.1) is 44.3 Å². The molecule has 55 heavy (non-hydrogen) atoms. The van der Waals surface area contributed by atoms with E-state index in [1.807, 2.05) is 0 Å². The van der Waals surface area contributed by atoms with Crippen molar-refractivity contribution in [2.75, 3.05) is 0 Å². The van der Waals surface area contributed by atoms with Gasteiger partial charge in [-0.3, -0.25) is 0 Å². The van der Waals surface area contributed by atoms with Crippen molar-refractivity contribution in [2.45, 2.75) is 0 Å². The van der Waals surface area contributed by atoms with Gasteiger partial charge in [0.15, 0.2) is 0 Å². The van der Waals surface area contributed by atoms with Crippen LogP contribution in [0.15, 0.2) is 188 Å². The van der Waals surface area contributed by atoms with Crippen molar-refractivity contribution >= 4 is 92.5 Å². The summed E-state index contributed by atoms with van der Waals surface area (Å²) in [4.78, 5) is 0. The minimum atomic E-state index is 1.18. The summed E-state index contributed by atoms with van der Waals surface area (Å²) in [5, 5.41) is 12.7. The van der Waals surface area contributed by atoms with Crippen LogP contribution in [0, 0.1) is 0 Å². The van der Waals surface area contributed by atoms with Crippen LogP contribution in [0.5, 0.6) is 0 Å². The van der Waals surface area contributed by atoms with E-state index in [-0.39, 0.29) is 0 Å². The number of aromatic nitrogens is 3. The number of hydrogen-bond donors (Lipinski definition) is 0. The highest BCUT2D eigenvalue weighted by Gasteiger charge is 2.21. The van der Waals surface area contributed by atoms with E-state index < -0.39 is 0 Å². The van der Waals surface area contributed by atoms with Gasteiger partial charge in [-0.05, 0) is 83.2 Å². The molecule has 0 spiro atoms. The molecule has 13 rings (SSSR count). The highest BCUT2D eigenvalue weighted by atomic mass is 15.0. The maximum Gasteiger partial charge on any atom is 0.0622 e. The van der Waals surface area contributed by atoms with E-state index in [4.69, 9.17) is 0 Å². The fourth-order valence-corrected chi connectivity index (χ4v) is 9.81. The van der Waals surface area contributed by atoms with Crippen LogP contribution in [-0.4, -0.2) is 13.5 Å². The number of hydrogen-bond acceptors (Lipinski definition) is 0. The average molecular weight is 698 g/mol. The second kappa shape index (κ2) is 10.6. The summed E-state index contributed by atoms with van der Waals surface area (Å²) in [5.41, 5.74) is 13.5. The molecule has 3 nitrogen and oxygen atoms in total. The first-order valence-electron chi connectivity index (χ1n) is 19.0.